The van der Waals surface area contributed by atoms with Crippen molar-refractivity contribution in [2.75, 3.05) is 20.3 Å². The van der Waals surface area contributed by atoms with Crippen molar-refractivity contribution in [3.8, 4) is 5.75 Å². The lowest BCUT2D eigenvalue weighted by molar-refractivity contribution is -0.150. The minimum atomic E-state index is -2.50. The van der Waals surface area contributed by atoms with Gasteiger partial charge < -0.3 is 38.1 Å². The van der Waals surface area contributed by atoms with Crippen molar-refractivity contribution in [2.24, 2.45) is 0 Å². The molecule has 10 heteroatoms. The third-order valence-electron chi connectivity index (χ3n) is 11.6. The molecule has 300 valence electrons. The average Bonchev–Trinajstić information content (AvgIpc) is 3.52. The van der Waals surface area contributed by atoms with Crippen LogP contribution < -0.4 is 4.74 Å². The van der Waals surface area contributed by atoms with Crippen molar-refractivity contribution in [3.63, 3.8) is 0 Å². The van der Waals surface area contributed by atoms with E-state index in [1.165, 1.54) is 0 Å². The second-order valence-corrected chi connectivity index (χ2v) is 21.7. The maximum absolute atomic E-state index is 14.0. The maximum Gasteiger partial charge on any atom is 0.410 e. The largest absolute Gasteiger partial charge is 0.497 e. The molecule has 9 nitrogen and oxygen atoms in total. The van der Waals surface area contributed by atoms with Crippen LogP contribution in [0.5, 0.6) is 5.75 Å². The minimum Gasteiger partial charge on any atom is -0.497 e. The number of hydrogen-bond acceptors (Lipinski definition) is 8. The minimum absolute atomic E-state index is 0.0722. The molecular weight excluding hydrogens is 723 g/mol. The van der Waals surface area contributed by atoms with E-state index >= 15 is 0 Å². The quantitative estimate of drug-likeness (QED) is 0.100. The third kappa shape index (κ3) is 9.22. The van der Waals surface area contributed by atoms with Crippen molar-refractivity contribution in [3.05, 3.63) is 138 Å². The molecule has 4 aromatic carbocycles. The van der Waals surface area contributed by atoms with E-state index in [9.17, 15) is 9.90 Å². The third-order valence-corrected chi connectivity index (χ3v) is 16.1. The average molecular weight is 782 g/mol. The van der Waals surface area contributed by atoms with Gasteiger partial charge in [-0.25, -0.2) is 4.79 Å². The van der Waals surface area contributed by atoms with E-state index < -0.39 is 50.2 Å². The predicted octanol–water partition coefficient (Wildman–Crippen LogP) is 9.08. The standard InChI is InChI=1S/C46H59NO8Si/c1-44(2,3)56(7,8)55-41(30-38-42-40(53-45(4,5)54-42)28-29-47(38)43(49)51-31-33-18-12-9-13-19-33)39(48)32-52-46(34-20-14-10-15-21-34,35-22-16-11-17-23-35)36-24-26-37(50-6)27-25-36/h9-27,38-42,48H,28-32H2,1-8H3/t38-,39?,40+,41+,42-/m1/s1. The smallest absolute Gasteiger partial charge is 0.410 e. The molecule has 5 atom stereocenters. The van der Waals surface area contributed by atoms with Gasteiger partial charge in [-0.3, -0.25) is 0 Å². The van der Waals surface area contributed by atoms with Crippen LogP contribution in [0.25, 0.3) is 0 Å². The highest BCUT2D eigenvalue weighted by Crippen LogP contribution is 2.44. The number of carbonyl (C=O) groups excluding carboxylic acids is 1. The lowest BCUT2D eigenvalue weighted by atomic mass is 9.80. The summed E-state index contributed by atoms with van der Waals surface area (Å²) in [6.45, 7) is 15.2. The van der Waals surface area contributed by atoms with Crippen LogP contribution in [0.3, 0.4) is 0 Å². The van der Waals surface area contributed by atoms with Gasteiger partial charge in [0.15, 0.2) is 14.1 Å². The summed E-state index contributed by atoms with van der Waals surface area (Å²) in [5, 5.41) is 12.4. The van der Waals surface area contributed by atoms with Crippen molar-refractivity contribution in [2.45, 2.75) is 114 Å². The summed E-state index contributed by atoms with van der Waals surface area (Å²) in [5.41, 5.74) is 2.51. The number of amides is 1. The molecule has 2 saturated heterocycles. The van der Waals surface area contributed by atoms with Crippen molar-refractivity contribution < 1.29 is 38.0 Å². The Bertz CT molecular complexity index is 1810. The molecule has 0 aliphatic carbocycles. The van der Waals surface area contributed by atoms with Gasteiger partial charge in [-0.05, 0) is 79.2 Å². The Morgan fingerprint density at radius 3 is 1.96 bits per heavy atom. The summed E-state index contributed by atoms with van der Waals surface area (Å²) in [6, 6.07) is 37.2. The molecular formula is C46H59NO8Si. The summed E-state index contributed by atoms with van der Waals surface area (Å²) < 4.78 is 38.7. The molecule has 56 heavy (non-hydrogen) atoms. The second kappa shape index (κ2) is 17.2. The molecule has 0 radical (unpaired) electrons. The summed E-state index contributed by atoms with van der Waals surface area (Å²) >= 11 is 0. The topological polar surface area (TPSA) is 95.9 Å². The predicted molar refractivity (Wildman–Crippen MR) is 220 cm³/mol. The summed E-state index contributed by atoms with van der Waals surface area (Å²) in [5.74, 6) is -0.108. The Kier molecular flexibility index (Phi) is 12.8. The van der Waals surface area contributed by atoms with Gasteiger partial charge in [0.2, 0.25) is 0 Å². The van der Waals surface area contributed by atoms with Gasteiger partial charge in [-0.15, -0.1) is 0 Å². The first kappa shape index (κ1) is 41.6. The lowest BCUT2D eigenvalue weighted by Crippen LogP contribution is -2.59. The van der Waals surface area contributed by atoms with Crippen LogP contribution in [0.4, 0.5) is 4.79 Å². The van der Waals surface area contributed by atoms with Crippen molar-refractivity contribution in [1.29, 1.82) is 0 Å². The van der Waals surface area contributed by atoms with Crippen LogP contribution in [0.1, 0.15) is 69.7 Å². The first-order chi connectivity index (χ1) is 26.6. The maximum atomic E-state index is 14.0. The molecule has 0 aromatic heterocycles. The first-order valence-electron chi connectivity index (χ1n) is 19.7. The van der Waals surface area contributed by atoms with E-state index in [1.807, 2.05) is 129 Å². The summed E-state index contributed by atoms with van der Waals surface area (Å²) in [7, 11) is -0.852. The Morgan fingerprint density at radius 1 is 0.857 bits per heavy atom. The monoisotopic (exact) mass is 781 g/mol. The Balaban J connectivity index is 1.36. The number of methoxy groups -OCH3 is 1. The van der Waals surface area contributed by atoms with Crippen LogP contribution in [-0.4, -0.2) is 80.9 Å². The number of aliphatic hydroxyl groups excluding tert-OH is 1. The Morgan fingerprint density at radius 2 is 1.41 bits per heavy atom. The fourth-order valence-electron chi connectivity index (χ4n) is 7.63. The number of benzene rings is 4. The first-order valence-corrected chi connectivity index (χ1v) is 22.6. The van der Waals surface area contributed by atoms with Crippen LogP contribution in [0.2, 0.25) is 18.1 Å². The molecule has 2 aliphatic heterocycles. The van der Waals surface area contributed by atoms with Gasteiger partial charge in [-0.1, -0.05) is 124 Å². The van der Waals surface area contributed by atoms with Gasteiger partial charge in [0.1, 0.15) is 30.2 Å². The molecule has 0 bridgehead atoms. The number of aliphatic hydroxyl groups is 1. The Labute approximate surface area is 334 Å². The van der Waals surface area contributed by atoms with Gasteiger partial charge in [-0.2, -0.15) is 0 Å². The number of likely N-dealkylation sites (tertiary alicyclic amines) is 1. The highest BCUT2D eigenvalue weighted by molar-refractivity contribution is 6.74. The molecule has 0 spiro atoms. The zero-order valence-electron chi connectivity index (χ0n) is 34.1. The van der Waals surface area contributed by atoms with Crippen molar-refractivity contribution >= 4 is 14.4 Å². The normalized spacial score (nSPS) is 20.9. The van der Waals surface area contributed by atoms with Crippen LogP contribution >= 0.6 is 0 Å². The van der Waals surface area contributed by atoms with Gasteiger partial charge in [0.05, 0.1) is 32.0 Å². The van der Waals surface area contributed by atoms with Crippen molar-refractivity contribution in [1.82, 2.24) is 4.90 Å². The summed E-state index contributed by atoms with van der Waals surface area (Å²) in [4.78, 5) is 15.7. The number of rotatable bonds is 14. The lowest BCUT2D eigenvalue weighted by Gasteiger charge is -2.45. The molecule has 4 aromatic rings. The highest BCUT2D eigenvalue weighted by atomic mass is 28.4. The number of carbonyl (C=O) groups is 1. The van der Waals surface area contributed by atoms with E-state index in [1.54, 1.807) is 12.0 Å². The van der Waals surface area contributed by atoms with E-state index in [0.717, 1.165) is 28.0 Å². The fraction of sp³-hybridized carbons (Fsp3) is 0.457. The van der Waals surface area contributed by atoms with Crippen LogP contribution in [-0.2, 0) is 35.6 Å². The number of piperidine rings is 1. The SMILES string of the molecule is COc1ccc(C(OCC(O)[C@H](C[C@@H]2[C@H]3OC(C)(C)O[C@H]3CCN2C(=O)OCc2ccccc2)O[Si](C)(C)C(C)(C)C)(c2ccccc2)c2ccccc2)cc1. The zero-order valence-corrected chi connectivity index (χ0v) is 35.1. The Hall–Kier alpha value is -4.03. The van der Waals surface area contributed by atoms with Gasteiger partial charge in [0, 0.05) is 6.54 Å². The molecule has 1 N–H and O–H groups in total. The van der Waals surface area contributed by atoms with E-state index in [2.05, 4.69) is 33.9 Å². The van der Waals surface area contributed by atoms with E-state index in [4.69, 9.17) is 28.1 Å². The second-order valence-electron chi connectivity index (χ2n) is 16.9. The van der Waals surface area contributed by atoms with Gasteiger partial charge >= 0.3 is 6.09 Å². The number of fused-ring (bicyclic) bond motifs is 1. The summed E-state index contributed by atoms with van der Waals surface area (Å²) in [6.07, 6.45) is -2.05. The molecule has 2 heterocycles. The molecule has 1 unspecified atom stereocenters. The van der Waals surface area contributed by atoms with Gasteiger partial charge in [0.25, 0.3) is 0 Å². The van der Waals surface area contributed by atoms with Crippen LogP contribution in [0, 0.1) is 0 Å². The molecule has 1 amide bonds. The zero-order chi connectivity index (χ0) is 40.1. The van der Waals surface area contributed by atoms with E-state index in [0.29, 0.717) is 13.0 Å². The molecule has 0 saturated carbocycles. The number of ether oxygens (including phenoxy) is 5. The van der Waals surface area contributed by atoms with E-state index in [-0.39, 0.29) is 30.8 Å². The molecule has 2 aliphatic rings. The fourth-order valence-corrected chi connectivity index (χ4v) is 8.99. The van der Waals surface area contributed by atoms with Crippen LogP contribution in [0.15, 0.2) is 115 Å². The number of nitrogens with zero attached hydrogens (tertiary/aromatic N) is 1. The molecule has 6 rings (SSSR count). The molecule has 2 fully saturated rings. The highest BCUT2D eigenvalue weighted by Gasteiger charge is 2.53. The number of hydrogen-bond donors (Lipinski definition) is 1.